The van der Waals surface area contributed by atoms with Gasteiger partial charge in [0.15, 0.2) is 5.96 Å². The highest BCUT2D eigenvalue weighted by atomic mass is 16.5. The van der Waals surface area contributed by atoms with Gasteiger partial charge in [-0.25, -0.2) is 9.67 Å². The van der Waals surface area contributed by atoms with Crippen molar-refractivity contribution in [3.05, 3.63) is 71.2 Å². The van der Waals surface area contributed by atoms with Crippen LogP contribution in [0.15, 0.2) is 53.7 Å². The molecule has 0 amide bonds. The molecule has 0 spiro atoms. The summed E-state index contributed by atoms with van der Waals surface area (Å²) in [5.74, 6) is 2.15. The van der Waals surface area contributed by atoms with Crippen LogP contribution in [0.4, 0.5) is 0 Å². The summed E-state index contributed by atoms with van der Waals surface area (Å²) in [6, 6.07) is 14.3. The Kier molecular flexibility index (Phi) is 6.50. The van der Waals surface area contributed by atoms with Crippen molar-refractivity contribution in [2.45, 2.75) is 39.8 Å². The Hall–Kier alpha value is -3.35. The number of hydrogen-bond donors (Lipinski definition) is 2. The SMILES string of the molecule is CN=C(NCc1ccc(OCC2CC2)nc1)NCc1ccccc1-n1nc(C)cc1C. The zero-order valence-corrected chi connectivity index (χ0v) is 18.4. The van der Waals surface area contributed by atoms with Gasteiger partial charge in [0.05, 0.1) is 18.0 Å². The maximum absolute atomic E-state index is 5.70. The van der Waals surface area contributed by atoms with E-state index in [4.69, 9.17) is 4.74 Å². The summed E-state index contributed by atoms with van der Waals surface area (Å²) in [5, 5.41) is 11.4. The van der Waals surface area contributed by atoms with Crippen LogP contribution in [0.1, 0.15) is 35.4 Å². The zero-order chi connectivity index (χ0) is 21.6. The monoisotopic (exact) mass is 418 g/mol. The van der Waals surface area contributed by atoms with Crippen molar-refractivity contribution >= 4 is 5.96 Å². The average molecular weight is 419 g/mol. The minimum atomic E-state index is 0.634. The molecule has 7 nitrogen and oxygen atoms in total. The minimum absolute atomic E-state index is 0.634. The molecular formula is C24H30N6O. The van der Waals surface area contributed by atoms with E-state index in [1.807, 2.05) is 42.1 Å². The molecule has 2 N–H and O–H groups in total. The number of nitrogens with zero attached hydrogens (tertiary/aromatic N) is 4. The third kappa shape index (κ3) is 5.63. The Morgan fingerprint density at radius 1 is 1.13 bits per heavy atom. The summed E-state index contributed by atoms with van der Waals surface area (Å²) in [6.45, 7) is 6.13. The number of ether oxygens (including phenoxy) is 1. The van der Waals surface area contributed by atoms with Gasteiger partial charge in [-0.1, -0.05) is 24.3 Å². The molecule has 162 valence electrons. The molecule has 3 aromatic rings. The van der Waals surface area contributed by atoms with Crippen LogP contribution >= 0.6 is 0 Å². The fourth-order valence-electron chi connectivity index (χ4n) is 3.41. The van der Waals surface area contributed by atoms with Gasteiger partial charge in [-0.3, -0.25) is 4.99 Å². The van der Waals surface area contributed by atoms with Gasteiger partial charge in [0.1, 0.15) is 0 Å². The van der Waals surface area contributed by atoms with Gasteiger partial charge in [0.25, 0.3) is 0 Å². The predicted molar refractivity (Wildman–Crippen MR) is 123 cm³/mol. The van der Waals surface area contributed by atoms with Crippen molar-refractivity contribution in [1.29, 1.82) is 0 Å². The molecule has 2 heterocycles. The molecule has 0 bridgehead atoms. The quantitative estimate of drug-likeness (QED) is 0.432. The average Bonchev–Trinajstić information content (AvgIpc) is 3.56. The molecule has 1 aromatic carbocycles. The first-order valence-corrected chi connectivity index (χ1v) is 10.8. The number of benzene rings is 1. The lowest BCUT2D eigenvalue weighted by atomic mass is 10.1. The predicted octanol–water partition coefficient (Wildman–Crippen LogP) is 3.54. The number of aryl methyl sites for hydroxylation is 2. The molecule has 4 rings (SSSR count). The van der Waals surface area contributed by atoms with Crippen molar-refractivity contribution in [1.82, 2.24) is 25.4 Å². The van der Waals surface area contributed by atoms with E-state index >= 15 is 0 Å². The number of rotatable bonds is 8. The molecule has 1 saturated carbocycles. The standard InChI is InChI=1S/C24H30N6O/c1-17-12-18(2)30(29-17)22-7-5-4-6-21(22)15-28-24(25-3)27-14-20-10-11-23(26-13-20)31-16-19-8-9-19/h4-7,10-13,19H,8-9,14-16H2,1-3H3,(H2,25,27,28). The zero-order valence-electron chi connectivity index (χ0n) is 18.4. The van der Waals surface area contributed by atoms with Gasteiger partial charge in [0.2, 0.25) is 5.88 Å². The summed E-state index contributed by atoms with van der Waals surface area (Å²) in [7, 11) is 1.77. The second kappa shape index (κ2) is 9.64. The number of aromatic nitrogens is 3. The Labute approximate surface area is 183 Å². The second-order valence-corrected chi connectivity index (χ2v) is 8.01. The van der Waals surface area contributed by atoms with Crippen molar-refractivity contribution in [3.8, 4) is 11.6 Å². The van der Waals surface area contributed by atoms with E-state index in [2.05, 4.69) is 50.8 Å². The maximum Gasteiger partial charge on any atom is 0.213 e. The summed E-state index contributed by atoms with van der Waals surface area (Å²) in [4.78, 5) is 8.74. The van der Waals surface area contributed by atoms with E-state index in [0.717, 1.165) is 46.7 Å². The van der Waals surface area contributed by atoms with Crippen molar-refractivity contribution in [2.24, 2.45) is 10.9 Å². The molecular weight excluding hydrogens is 388 g/mol. The number of nitrogens with one attached hydrogen (secondary N) is 2. The Balaban J connectivity index is 1.32. The molecule has 0 saturated heterocycles. The van der Waals surface area contributed by atoms with Crippen LogP contribution in [0, 0.1) is 19.8 Å². The molecule has 1 aliphatic rings. The van der Waals surface area contributed by atoms with E-state index in [-0.39, 0.29) is 0 Å². The molecule has 0 unspecified atom stereocenters. The third-order valence-corrected chi connectivity index (χ3v) is 5.32. The fourth-order valence-corrected chi connectivity index (χ4v) is 3.41. The molecule has 0 aliphatic heterocycles. The van der Waals surface area contributed by atoms with Gasteiger partial charge in [-0.2, -0.15) is 5.10 Å². The van der Waals surface area contributed by atoms with Crippen molar-refractivity contribution in [3.63, 3.8) is 0 Å². The molecule has 0 atom stereocenters. The van der Waals surface area contributed by atoms with Crippen molar-refractivity contribution < 1.29 is 4.74 Å². The Morgan fingerprint density at radius 3 is 2.61 bits per heavy atom. The molecule has 2 aromatic heterocycles. The van der Waals surface area contributed by atoms with Gasteiger partial charge < -0.3 is 15.4 Å². The van der Waals surface area contributed by atoms with E-state index < -0.39 is 0 Å². The van der Waals surface area contributed by atoms with Crippen LogP contribution in [-0.4, -0.2) is 34.4 Å². The first kappa shape index (κ1) is 20.9. The van der Waals surface area contributed by atoms with Gasteiger partial charge in [-0.15, -0.1) is 0 Å². The van der Waals surface area contributed by atoms with Crippen LogP contribution in [0.2, 0.25) is 0 Å². The molecule has 31 heavy (non-hydrogen) atoms. The first-order chi connectivity index (χ1) is 15.1. The van der Waals surface area contributed by atoms with E-state index in [9.17, 15) is 0 Å². The number of para-hydroxylation sites is 1. The lowest BCUT2D eigenvalue weighted by Crippen LogP contribution is -2.36. The van der Waals surface area contributed by atoms with Crippen molar-refractivity contribution in [2.75, 3.05) is 13.7 Å². The lowest BCUT2D eigenvalue weighted by molar-refractivity contribution is 0.288. The minimum Gasteiger partial charge on any atom is -0.477 e. The van der Waals surface area contributed by atoms with Crippen LogP contribution in [-0.2, 0) is 13.1 Å². The van der Waals surface area contributed by atoms with Gasteiger partial charge in [0, 0.05) is 38.1 Å². The molecule has 1 aliphatic carbocycles. The fraction of sp³-hybridized carbons (Fsp3) is 0.375. The topological polar surface area (TPSA) is 76.4 Å². The highest BCUT2D eigenvalue weighted by molar-refractivity contribution is 5.79. The van der Waals surface area contributed by atoms with Crippen LogP contribution < -0.4 is 15.4 Å². The molecule has 1 fully saturated rings. The summed E-state index contributed by atoms with van der Waals surface area (Å²) < 4.78 is 7.69. The normalized spacial score (nSPS) is 13.8. The Bertz CT molecular complexity index is 1040. The number of hydrogen-bond acceptors (Lipinski definition) is 4. The van der Waals surface area contributed by atoms with E-state index in [1.165, 1.54) is 12.8 Å². The Morgan fingerprint density at radius 2 is 1.94 bits per heavy atom. The number of guanidine groups is 1. The summed E-state index contributed by atoms with van der Waals surface area (Å²) >= 11 is 0. The van der Waals surface area contributed by atoms with Crippen LogP contribution in [0.25, 0.3) is 5.69 Å². The second-order valence-electron chi connectivity index (χ2n) is 8.01. The summed E-state index contributed by atoms with van der Waals surface area (Å²) in [5.41, 5.74) is 5.42. The number of pyridine rings is 1. The number of aliphatic imine (C=N–C) groups is 1. The van der Waals surface area contributed by atoms with Gasteiger partial charge in [-0.05, 0) is 55.9 Å². The van der Waals surface area contributed by atoms with E-state index in [0.29, 0.717) is 19.0 Å². The third-order valence-electron chi connectivity index (χ3n) is 5.32. The van der Waals surface area contributed by atoms with Crippen LogP contribution in [0.3, 0.4) is 0 Å². The first-order valence-electron chi connectivity index (χ1n) is 10.8. The lowest BCUT2D eigenvalue weighted by Gasteiger charge is -2.15. The maximum atomic E-state index is 5.70. The highest BCUT2D eigenvalue weighted by Gasteiger charge is 2.22. The molecule has 7 heteroatoms. The van der Waals surface area contributed by atoms with Gasteiger partial charge >= 0.3 is 0 Å². The molecule has 0 radical (unpaired) electrons. The summed E-state index contributed by atoms with van der Waals surface area (Å²) in [6.07, 6.45) is 4.40. The highest BCUT2D eigenvalue weighted by Crippen LogP contribution is 2.29. The smallest absolute Gasteiger partial charge is 0.213 e. The van der Waals surface area contributed by atoms with E-state index in [1.54, 1.807) is 7.05 Å². The van der Waals surface area contributed by atoms with Crippen LogP contribution in [0.5, 0.6) is 5.88 Å². The largest absolute Gasteiger partial charge is 0.477 e.